The summed E-state index contributed by atoms with van der Waals surface area (Å²) < 4.78 is 28.3. The Hall–Kier alpha value is -2.54. The number of H-pyrrole nitrogens is 1. The van der Waals surface area contributed by atoms with E-state index in [0.29, 0.717) is 25.0 Å². The lowest BCUT2D eigenvalue weighted by atomic mass is 9.98. The van der Waals surface area contributed by atoms with Crippen LogP contribution in [0.3, 0.4) is 0 Å². The number of aryl methyl sites for hydroxylation is 1. The normalized spacial score (nSPS) is 22.2. The van der Waals surface area contributed by atoms with Crippen LogP contribution in [0.2, 0.25) is 0 Å². The number of benzene rings is 1. The second-order valence-corrected chi connectivity index (χ2v) is 7.69. The maximum absolute atomic E-state index is 13.6. The van der Waals surface area contributed by atoms with Gasteiger partial charge in [0.25, 0.3) is 5.56 Å². The molecule has 2 bridgehead atoms. The first-order chi connectivity index (χ1) is 13.0. The zero-order valence-corrected chi connectivity index (χ0v) is 15.0. The van der Waals surface area contributed by atoms with Crippen LogP contribution < -0.4 is 5.56 Å². The average molecular weight is 370 g/mol. The standard InChI is InChI=1S/C20H20F2N4O/c1-11-6-19-23-18-9-14-4-3-13(8-15(18)20(27)26(19)24-11)25(14)10-12-2-5-16(21)17(22)7-12/h2,5-7,13-14,24H,3-4,8-10H2,1H3/t13-,14-/m1/s1. The number of halogens is 2. The maximum atomic E-state index is 13.6. The summed E-state index contributed by atoms with van der Waals surface area (Å²) in [6, 6.07) is 6.44. The Bertz CT molecular complexity index is 1100. The Morgan fingerprint density at radius 3 is 2.70 bits per heavy atom. The van der Waals surface area contributed by atoms with Crippen LogP contribution in [0.15, 0.2) is 29.1 Å². The number of fused-ring (bicyclic) bond motifs is 4. The lowest BCUT2D eigenvalue weighted by Crippen LogP contribution is -2.36. The maximum Gasteiger partial charge on any atom is 0.276 e. The Morgan fingerprint density at radius 1 is 1.15 bits per heavy atom. The highest BCUT2D eigenvalue weighted by Crippen LogP contribution is 2.34. The summed E-state index contributed by atoms with van der Waals surface area (Å²) in [7, 11) is 0. The zero-order chi connectivity index (χ0) is 18.7. The molecule has 4 heterocycles. The first-order valence-corrected chi connectivity index (χ1v) is 9.29. The van der Waals surface area contributed by atoms with Crippen molar-refractivity contribution in [3.05, 3.63) is 68.8 Å². The fourth-order valence-electron chi connectivity index (χ4n) is 4.62. The van der Waals surface area contributed by atoms with E-state index in [0.717, 1.165) is 35.4 Å². The molecule has 5 rings (SSSR count). The number of rotatable bonds is 2. The van der Waals surface area contributed by atoms with Crippen molar-refractivity contribution >= 4 is 5.65 Å². The van der Waals surface area contributed by atoms with Crippen LogP contribution in [-0.4, -0.2) is 31.6 Å². The molecule has 0 saturated carbocycles. The number of nitrogens with one attached hydrogen (secondary N) is 1. The van der Waals surface area contributed by atoms with Gasteiger partial charge in [-0.05, 0) is 43.9 Å². The predicted molar refractivity (Wildman–Crippen MR) is 96.7 cm³/mol. The van der Waals surface area contributed by atoms with Gasteiger partial charge in [0.2, 0.25) is 0 Å². The van der Waals surface area contributed by atoms with E-state index in [1.165, 1.54) is 16.6 Å². The van der Waals surface area contributed by atoms with Crippen molar-refractivity contribution in [3.63, 3.8) is 0 Å². The van der Waals surface area contributed by atoms with Gasteiger partial charge in [-0.25, -0.2) is 18.3 Å². The van der Waals surface area contributed by atoms with E-state index in [9.17, 15) is 13.6 Å². The van der Waals surface area contributed by atoms with E-state index in [-0.39, 0.29) is 17.6 Å². The van der Waals surface area contributed by atoms with Gasteiger partial charge in [-0.1, -0.05) is 6.07 Å². The van der Waals surface area contributed by atoms with Gasteiger partial charge >= 0.3 is 0 Å². The highest BCUT2D eigenvalue weighted by molar-refractivity contribution is 5.42. The van der Waals surface area contributed by atoms with Crippen LogP contribution in [0, 0.1) is 18.6 Å². The van der Waals surface area contributed by atoms with Crippen LogP contribution in [0.4, 0.5) is 8.78 Å². The van der Waals surface area contributed by atoms with Gasteiger partial charge < -0.3 is 0 Å². The molecular weight excluding hydrogens is 350 g/mol. The molecule has 2 aliphatic rings. The largest absolute Gasteiger partial charge is 0.294 e. The minimum Gasteiger partial charge on any atom is -0.294 e. The Kier molecular flexibility index (Phi) is 3.69. The summed E-state index contributed by atoms with van der Waals surface area (Å²) in [4.78, 5) is 20.0. The smallest absolute Gasteiger partial charge is 0.276 e. The van der Waals surface area contributed by atoms with E-state index in [1.54, 1.807) is 6.07 Å². The number of nitrogens with zero attached hydrogens (tertiary/aromatic N) is 3. The van der Waals surface area contributed by atoms with E-state index in [2.05, 4.69) is 10.00 Å². The van der Waals surface area contributed by atoms with Crippen molar-refractivity contribution in [2.24, 2.45) is 0 Å². The van der Waals surface area contributed by atoms with Crippen molar-refractivity contribution < 1.29 is 8.78 Å². The molecule has 2 atom stereocenters. The van der Waals surface area contributed by atoms with Gasteiger partial charge in [-0.3, -0.25) is 14.8 Å². The third kappa shape index (κ3) is 2.68. The molecule has 1 N–H and O–H groups in total. The fraction of sp³-hybridized carbons (Fsp3) is 0.400. The van der Waals surface area contributed by atoms with E-state index in [1.807, 2.05) is 13.0 Å². The van der Waals surface area contributed by atoms with Crippen LogP contribution in [0.5, 0.6) is 0 Å². The summed E-state index contributed by atoms with van der Waals surface area (Å²) in [5.74, 6) is -1.64. The molecule has 27 heavy (non-hydrogen) atoms. The van der Waals surface area contributed by atoms with Crippen molar-refractivity contribution in [2.45, 2.75) is 51.2 Å². The Balaban J connectivity index is 1.51. The minimum absolute atomic E-state index is 0.0246. The lowest BCUT2D eigenvalue weighted by molar-refractivity contribution is 0.187. The van der Waals surface area contributed by atoms with Crippen LogP contribution in [-0.2, 0) is 19.4 Å². The first-order valence-electron chi connectivity index (χ1n) is 9.29. The van der Waals surface area contributed by atoms with Crippen molar-refractivity contribution in [1.29, 1.82) is 0 Å². The molecule has 0 aliphatic carbocycles. The molecule has 3 aromatic rings. The predicted octanol–water partition coefficient (Wildman–Crippen LogP) is 2.74. The molecule has 0 amide bonds. The quantitative estimate of drug-likeness (QED) is 0.755. The molecule has 0 spiro atoms. The van der Waals surface area contributed by atoms with Crippen molar-refractivity contribution in [2.75, 3.05) is 0 Å². The lowest BCUT2D eigenvalue weighted by Gasteiger charge is -2.27. The number of hydrogen-bond donors (Lipinski definition) is 1. The molecule has 1 saturated heterocycles. The summed E-state index contributed by atoms with van der Waals surface area (Å²) >= 11 is 0. The zero-order valence-electron chi connectivity index (χ0n) is 15.0. The van der Waals surface area contributed by atoms with Gasteiger partial charge in [0.15, 0.2) is 17.3 Å². The van der Waals surface area contributed by atoms with Gasteiger partial charge in [0.1, 0.15) is 0 Å². The molecule has 1 aromatic carbocycles. The van der Waals surface area contributed by atoms with Crippen molar-refractivity contribution in [3.8, 4) is 0 Å². The second-order valence-electron chi connectivity index (χ2n) is 7.69. The minimum atomic E-state index is -0.826. The van der Waals surface area contributed by atoms with E-state index in [4.69, 9.17) is 4.98 Å². The summed E-state index contributed by atoms with van der Waals surface area (Å²) in [5, 5.41) is 3.05. The second kappa shape index (κ2) is 5.99. The van der Waals surface area contributed by atoms with Gasteiger partial charge in [0.05, 0.1) is 5.69 Å². The topological polar surface area (TPSA) is 53.4 Å². The van der Waals surface area contributed by atoms with Crippen LogP contribution in [0.25, 0.3) is 5.65 Å². The monoisotopic (exact) mass is 370 g/mol. The molecular formula is C20H20F2N4O. The number of aromatic amines is 1. The summed E-state index contributed by atoms with van der Waals surface area (Å²) in [5.41, 5.74) is 3.94. The Morgan fingerprint density at radius 2 is 1.93 bits per heavy atom. The summed E-state index contributed by atoms with van der Waals surface area (Å²) in [6.45, 7) is 2.46. The van der Waals surface area contributed by atoms with Gasteiger partial charge in [-0.2, -0.15) is 0 Å². The van der Waals surface area contributed by atoms with Crippen LogP contribution >= 0.6 is 0 Å². The van der Waals surface area contributed by atoms with E-state index < -0.39 is 11.6 Å². The third-order valence-electron chi connectivity index (χ3n) is 5.91. The summed E-state index contributed by atoms with van der Waals surface area (Å²) in [6.07, 6.45) is 3.38. The highest BCUT2D eigenvalue weighted by Gasteiger charge is 2.38. The fourth-order valence-corrected chi connectivity index (χ4v) is 4.62. The molecule has 140 valence electrons. The van der Waals surface area contributed by atoms with E-state index >= 15 is 0 Å². The van der Waals surface area contributed by atoms with Crippen LogP contribution in [0.1, 0.15) is 35.4 Å². The molecule has 2 aromatic heterocycles. The SMILES string of the molecule is Cc1cc2nc3c(c(=O)n2[nH]1)C[C@H]1CC[C@H](C3)N1Cc1ccc(F)c(F)c1. The molecule has 5 nitrogen and oxygen atoms in total. The van der Waals surface area contributed by atoms with Gasteiger partial charge in [0, 0.05) is 42.4 Å². The molecule has 0 unspecified atom stereocenters. The first kappa shape index (κ1) is 16.6. The Labute approximate surface area is 154 Å². The number of hydrogen-bond acceptors (Lipinski definition) is 3. The molecule has 7 heteroatoms. The molecule has 2 aliphatic heterocycles. The third-order valence-corrected chi connectivity index (χ3v) is 5.91. The van der Waals surface area contributed by atoms with Gasteiger partial charge in [-0.15, -0.1) is 0 Å². The molecule has 0 radical (unpaired) electrons. The number of aromatic nitrogens is 3. The average Bonchev–Trinajstić information content (AvgIpc) is 3.12. The molecule has 1 fully saturated rings. The van der Waals surface area contributed by atoms with Crippen molar-refractivity contribution in [1.82, 2.24) is 19.5 Å². The highest BCUT2D eigenvalue weighted by atomic mass is 19.2.